The fourth-order valence-electron chi connectivity index (χ4n) is 2.50. The van der Waals surface area contributed by atoms with Crippen molar-refractivity contribution in [3.8, 4) is 0 Å². The molecule has 25 heavy (non-hydrogen) atoms. The molecule has 0 amide bonds. The Balaban J connectivity index is 4.61. The largest absolute Gasteiger partial charge is 0.458 e. The molecule has 0 spiro atoms. The van der Waals surface area contributed by atoms with Crippen LogP contribution in [0, 0.1) is 5.92 Å². The minimum absolute atomic E-state index is 0.0236. The molecule has 0 aliphatic carbocycles. The third kappa shape index (κ3) is 10.9. The van der Waals surface area contributed by atoms with Gasteiger partial charge in [0, 0.05) is 26.2 Å². The second-order valence-electron chi connectivity index (χ2n) is 5.97. The fraction of sp³-hybridized carbons (Fsp3) is 0.650. The van der Waals surface area contributed by atoms with Gasteiger partial charge in [-0.3, -0.25) is 0 Å². The van der Waals surface area contributed by atoms with Gasteiger partial charge in [0.1, 0.15) is 13.4 Å². The molecule has 0 aliphatic rings. The van der Waals surface area contributed by atoms with Crippen LogP contribution in [0.15, 0.2) is 36.5 Å². The Labute approximate surface area is 152 Å². The summed E-state index contributed by atoms with van der Waals surface area (Å²) in [6.07, 6.45) is 9.45. The highest BCUT2D eigenvalue weighted by Gasteiger charge is 2.25. The standard InChI is InChI=1S/C20H34O5/c1-7-9-10-11-12-19(21)24-14-16(3)13-17(4)20(25-15-22-5)18(8-2)23-6/h7,11-13,17-18,20H,1,8-10,14-15H2,2-6H3/b12-11+,16-13-/t17?,18-,20-/m0/s1. The number of allylic oxidation sites excluding steroid dienone is 2. The van der Waals surface area contributed by atoms with Crippen LogP contribution in [-0.4, -0.2) is 45.8 Å². The molecule has 5 heteroatoms. The van der Waals surface area contributed by atoms with Crippen LogP contribution in [-0.2, 0) is 23.7 Å². The van der Waals surface area contributed by atoms with E-state index in [0.717, 1.165) is 24.8 Å². The number of hydrogen-bond donors (Lipinski definition) is 0. The summed E-state index contributed by atoms with van der Waals surface area (Å²) in [6, 6.07) is 0. The zero-order chi connectivity index (χ0) is 19.1. The topological polar surface area (TPSA) is 54.0 Å². The number of carbonyl (C=O) groups excluding carboxylic acids is 1. The molecule has 0 fully saturated rings. The lowest BCUT2D eigenvalue weighted by molar-refractivity contribution is -0.137. The Kier molecular flexibility index (Phi) is 14.0. The third-order valence-corrected chi connectivity index (χ3v) is 3.75. The van der Waals surface area contributed by atoms with Gasteiger partial charge in [0.2, 0.25) is 0 Å². The smallest absolute Gasteiger partial charge is 0.330 e. The van der Waals surface area contributed by atoms with Gasteiger partial charge in [-0.1, -0.05) is 32.1 Å². The van der Waals surface area contributed by atoms with Crippen molar-refractivity contribution in [3.63, 3.8) is 0 Å². The number of hydrogen-bond acceptors (Lipinski definition) is 5. The molecule has 0 rings (SSSR count). The lowest BCUT2D eigenvalue weighted by Gasteiger charge is -2.29. The summed E-state index contributed by atoms with van der Waals surface area (Å²) in [5.41, 5.74) is 0.970. The van der Waals surface area contributed by atoms with Crippen LogP contribution in [0.25, 0.3) is 0 Å². The summed E-state index contributed by atoms with van der Waals surface area (Å²) in [5, 5.41) is 0. The average Bonchev–Trinajstić information content (AvgIpc) is 2.60. The number of carbonyl (C=O) groups is 1. The average molecular weight is 354 g/mol. The summed E-state index contributed by atoms with van der Waals surface area (Å²) in [5.74, 6) is -0.234. The molecule has 0 aromatic rings. The summed E-state index contributed by atoms with van der Waals surface area (Å²) < 4.78 is 21.6. The normalized spacial score (nSPS) is 15.8. The highest BCUT2D eigenvalue weighted by molar-refractivity contribution is 5.81. The van der Waals surface area contributed by atoms with Gasteiger partial charge in [0.15, 0.2) is 0 Å². The molecule has 144 valence electrons. The van der Waals surface area contributed by atoms with Crippen LogP contribution in [0.4, 0.5) is 0 Å². The van der Waals surface area contributed by atoms with E-state index in [1.807, 2.05) is 13.0 Å². The molecule has 0 bridgehead atoms. The number of unbranched alkanes of at least 4 members (excludes halogenated alkanes) is 1. The number of methoxy groups -OCH3 is 2. The first kappa shape index (κ1) is 23.6. The lowest BCUT2D eigenvalue weighted by atomic mass is 9.96. The number of ether oxygens (including phenoxy) is 4. The molecular weight excluding hydrogens is 320 g/mol. The van der Waals surface area contributed by atoms with Crippen molar-refractivity contribution in [1.29, 1.82) is 0 Å². The molecule has 0 aliphatic heterocycles. The second kappa shape index (κ2) is 14.9. The van der Waals surface area contributed by atoms with E-state index in [2.05, 4.69) is 26.5 Å². The van der Waals surface area contributed by atoms with E-state index in [0.29, 0.717) is 0 Å². The minimum Gasteiger partial charge on any atom is -0.458 e. The maximum atomic E-state index is 11.6. The Bertz CT molecular complexity index is 424. The zero-order valence-corrected chi connectivity index (χ0v) is 16.3. The molecular formula is C20H34O5. The Morgan fingerprint density at radius 2 is 1.96 bits per heavy atom. The maximum absolute atomic E-state index is 11.6. The molecule has 5 nitrogen and oxygen atoms in total. The van der Waals surface area contributed by atoms with Crippen molar-refractivity contribution >= 4 is 5.97 Å². The van der Waals surface area contributed by atoms with Crippen LogP contribution in [0.2, 0.25) is 0 Å². The maximum Gasteiger partial charge on any atom is 0.330 e. The van der Waals surface area contributed by atoms with E-state index in [-0.39, 0.29) is 37.5 Å². The van der Waals surface area contributed by atoms with Crippen LogP contribution in [0.3, 0.4) is 0 Å². The van der Waals surface area contributed by atoms with E-state index < -0.39 is 0 Å². The van der Waals surface area contributed by atoms with Crippen molar-refractivity contribution in [3.05, 3.63) is 36.5 Å². The summed E-state index contributed by atoms with van der Waals surface area (Å²) >= 11 is 0. The molecule has 0 saturated carbocycles. The van der Waals surface area contributed by atoms with Crippen LogP contribution in [0.1, 0.15) is 40.0 Å². The van der Waals surface area contributed by atoms with Crippen LogP contribution < -0.4 is 0 Å². The highest BCUT2D eigenvalue weighted by Crippen LogP contribution is 2.19. The monoisotopic (exact) mass is 354 g/mol. The molecule has 0 N–H and O–H groups in total. The van der Waals surface area contributed by atoms with E-state index in [9.17, 15) is 4.79 Å². The fourth-order valence-corrected chi connectivity index (χ4v) is 2.50. The first-order valence-electron chi connectivity index (χ1n) is 8.74. The first-order valence-corrected chi connectivity index (χ1v) is 8.74. The third-order valence-electron chi connectivity index (χ3n) is 3.75. The summed E-state index contributed by atoms with van der Waals surface area (Å²) in [7, 11) is 3.28. The number of esters is 1. The van der Waals surface area contributed by atoms with Gasteiger partial charge >= 0.3 is 5.97 Å². The molecule has 0 aromatic carbocycles. The lowest BCUT2D eigenvalue weighted by Crippen LogP contribution is -2.36. The Morgan fingerprint density at radius 1 is 1.24 bits per heavy atom. The molecule has 0 aromatic heterocycles. The Hall–Kier alpha value is -1.43. The molecule has 0 heterocycles. The first-order chi connectivity index (χ1) is 12.0. The summed E-state index contributed by atoms with van der Waals surface area (Å²) in [6.45, 7) is 10.2. The predicted octanol–water partition coefficient (Wildman–Crippen LogP) is 4.05. The molecule has 0 radical (unpaired) electrons. The van der Waals surface area contributed by atoms with E-state index >= 15 is 0 Å². The van der Waals surface area contributed by atoms with E-state index in [4.69, 9.17) is 18.9 Å². The van der Waals surface area contributed by atoms with Gasteiger partial charge in [-0.25, -0.2) is 4.79 Å². The second-order valence-corrected chi connectivity index (χ2v) is 5.97. The van der Waals surface area contributed by atoms with Crippen LogP contribution in [0.5, 0.6) is 0 Å². The van der Waals surface area contributed by atoms with E-state index in [1.165, 1.54) is 6.08 Å². The quantitative estimate of drug-likeness (QED) is 0.155. The van der Waals surface area contributed by atoms with Crippen molar-refractivity contribution in [2.75, 3.05) is 27.6 Å². The molecule has 3 atom stereocenters. The molecule has 1 unspecified atom stereocenters. The van der Waals surface area contributed by atoms with Gasteiger partial charge in [-0.2, -0.15) is 0 Å². The van der Waals surface area contributed by atoms with Crippen molar-refractivity contribution in [2.24, 2.45) is 5.92 Å². The van der Waals surface area contributed by atoms with E-state index in [1.54, 1.807) is 20.3 Å². The zero-order valence-electron chi connectivity index (χ0n) is 16.3. The summed E-state index contributed by atoms with van der Waals surface area (Å²) in [4.78, 5) is 11.6. The van der Waals surface area contributed by atoms with Gasteiger partial charge in [0.25, 0.3) is 0 Å². The minimum atomic E-state index is -0.333. The predicted molar refractivity (Wildman–Crippen MR) is 100 cm³/mol. The van der Waals surface area contributed by atoms with Crippen molar-refractivity contribution in [2.45, 2.75) is 52.2 Å². The highest BCUT2D eigenvalue weighted by atomic mass is 16.7. The van der Waals surface area contributed by atoms with Crippen molar-refractivity contribution < 1.29 is 23.7 Å². The van der Waals surface area contributed by atoms with Gasteiger partial charge in [-0.05, 0) is 31.8 Å². The van der Waals surface area contributed by atoms with Gasteiger partial charge in [0.05, 0.1) is 12.2 Å². The SMILES string of the molecule is C=CCC/C=C/C(=O)OC/C(C)=C\C(C)[C@H](OCOC)[C@H](CC)OC. The number of rotatable bonds is 14. The van der Waals surface area contributed by atoms with Gasteiger partial charge in [-0.15, -0.1) is 6.58 Å². The van der Waals surface area contributed by atoms with Crippen LogP contribution >= 0.6 is 0 Å². The Morgan fingerprint density at radius 3 is 2.52 bits per heavy atom. The molecule has 0 saturated heterocycles. The van der Waals surface area contributed by atoms with Crippen molar-refractivity contribution in [1.82, 2.24) is 0 Å². The van der Waals surface area contributed by atoms with Gasteiger partial charge < -0.3 is 18.9 Å².